The van der Waals surface area contributed by atoms with Gasteiger partial charge in [0.15, 0.2) is 5.78 Å². The summed E-state index contributed by atoms with van der Waals surface area (Å²) in [7, 11) is 4.00. The van der Waals surface area contributed by atoms with Crippen molar-refractivity contribution in [3.63, 3.8) is 0 Å². The SMILES string of the molecule is CCc1ccc([C@H](CNC(=O)c2[nH]c(C)c(C(C)=O)c2C)N(C)C)cc1. The Hall–Kier alpha value is -2.40. The maximum absolute atomic E-state index is 12.6. The van der Waals surface area contributed by atoms with E-state index in [1.165, 1.54) is 12.5 Å². The Labute approximate surface area is 155 Å². The van der Waals surface area contributed by atoms with Crippen LogP contribution in [-0.2, 0) is 6.42 Å². The highest BCUT2D eigenvalue weighted by Crippen LogP contribution is 2.20. The Balaban J connectivity index is 2.15. The van der Waals surface area contributed by atoms with Crippen LogP contribution in [0.2, 0.25) is 0 Å². The molecule has 0 fully saturated rings. The zero-order chi connectivity index (χ0) is 19.4. The molecule has 0 radical (unpaired) electrons. The average Bonchev–Trinajstić information content (AvgIpc) is 2.89. The van der Waals surface area contributed by atoms with Crippen molar-refractivity contribution in [1.82, 2.24) is 15.2 Å². The number of aromatic amines is 1. The molecule has 1 amide bonds. The topological polar surface area (TPSA) is 65.2 Å². The van der Waals surface area contributed by atoms with Gasteiger partial charge in [0.05, 0.1) is 6.04 Å². The molecule has 1 aromatic carbocycles. The summed E-state index contributed by atoms with van der Waals surface area (Å²) in [6, 6.07) is 8.57. The molecular formula is C21H29N3O2. The summed E-state index contributed by atoms with van der Waals surface area (Å²) in [4.78, 5) is 29.5. The molecule has 0 unspecified atom stereocenters. The average molecular weight is 355 g/mol. The Morgan fingerprint density at radius 3 is 2.23 bits per heavy atom. The van der Waals surface area contributed by atoms with Crippen molar-refractivity contribution < 1.29 is 9.59 Å². The molecule has 1 heterocycles. The van der Waals surface area contributed by atoms with Crippen LogP contribution in [-0.4, -0.2) is 42.2 Å². The van der Waals surface area contributed by atoms with E-state index in [-0.39, 0.29) is 17.7 Å². The number of amides is 1. The fourth-order valence-electron chi connectivity index (χ4n) is 3.36. The number of aryl methyl sites for hydroxylation is 2. The van der Waals surface area contributed by atoms with E-state index in [1.54, 1.807) is 0 Å². The fourth-order valence-corrected chi connectivity index (χ4v) is 3.36. The molecule has 0 saturated carbocycles. The number of carbonyl (C=O) groups is 2. The number of nitrogens with zero attached hydrogens (tertiary/aromatic N) is 1. The van der Waals surface area contributed by atoms with E-state index in [0.29, 0.717) is 23.4 Å². The number of ketones is 1. The molecule has 1 atom stereocenters. The summed E-state index contributed by atoms with van der Waals surface area (Å²) in [6.45, 7) is 7.77. The number of hydrogen-bond acceptors (Lipinski definition) is 3. The Morgan fingerprint density at radius 1 is 1.15 bits per heavy atom. The van der Waals surface area contributed by atoms with E-state index in [1.807, 2.05) is 27.9 Å². The zero-order valence-corrected chi connectivity index (χ0v) is 16.6. The lowest BCUT2D eigenvalue weighted by atomic mass is 10.0. The van der Waals surface area contributed by atoms with Crippen LogP contribution < -0.4 is 5.32 Å². The number of rotatable bonds is 7. The molecule has 0 bridgehead atoms. The summed E-state index contributed by atoms with van der Waals surface area (Å²) in [5.74, 6) is -0.215. The largest absolute Gasteiger partial charge is 0.354 e. The van der Waals surface area contributed by atoms with Gasteiger partial charge in [0, 0.05) is 17.8 Å². The summed E-state index contributed by atoms with van der Waals surface area (Å²) in [6.07, 6.45) is 1.01. The van der Waals surface area contributed by atoms with E-state index in [4.69, 9.17) is 0 Å². The minimum atomic E-state index is -0.185. The smallest absolute Gasteiger partial charge is 0.268 e. The normalized spacial score (nSPS) is 12.3. The molecule has 5 nitrogen and oxygen atoms in total. The second kappa shape index (κ2) is 8.32. The molecule has 0 aliphatic heterocycles. The van der Waals surface area contributed by atoms with E-state index in [2.05, 4.69) is 46.4 Å². The number of carbonyl (C=O) groups excluding carboxylic acids is 2. The summed E-state index contributed by atoms with van der Waals surface area (Å²) in [5.41, 5.74) is 4.97. The van der Waals surface area contributed by atoms with Crippen molar-refractivity contribution in [3.05, 3.63) is 57.9 Å². The predicted molar refractivity (Wildman–Crippen MR) is 105 cm³/mol. The lowest BCUT2D eigenvalue weighted by Gasteiger charge is -2.25. The summed E-state index contributed by atoms with van der Waals surface area (Å²) >= 11 is 0. The molecule has 2 aromatic rings. The Bertz CT molecular complexity index is 788. The lowest BCUT2D eigenvalue weighted by molar-refractivity contribution is 0.0936. The van der Waals surface area contributed by atoms with Crippen molar-refractivity contribution in [2.45, 2.75) is 40.2 Å². The van der Waals surface area contributed by atoms with Crippen molar-refractivity contribution in [1.29, 1.82) is 0 Å². The summed E-state index contributed by atoms with van der Waals surface area (Å²) in [5, 5.41) is 3.00. The molecular weight excluding hydrogens is 326 g/mol. The van der Waals surface area contributed by atoms with E-state index < -0.39 is 0 Å². The second-order valence-electron chi connectivity index (χ2n) is 6.97. The van der Waals surface area contributed by atoms with Crippen molar-refractivity contribution in [3.8, 4) is 0 Å². The molecule has 5 heteroatoms. The molecule has 26 heavy (non-hydrogen) atoms. The van der Waals surface area contributed by atoms with Gasteiger partial charge in [-0.25, -0.2) is 0 Å². The summed E-state index contributed by atoms with van der Waals surface area (Å²) < 4.78 is 0. The Morgan fingerprint density at radius 2 is 1.77 bits per heavy atom. The van der Waals surface area contributed by atoms with Crippen molar-refractivity contribution >= 4 is 11.7 Å². The quantitative estimate of drug-likeness (QED) is 0.748. The van der Waals surface area contributed by atoms with Crippen LogP contribution >= 0.6 is 0 Å². The highest BCUT2D eigenvalue weighted by molar-refractivity contribution is 6.02. The third kappa shape index (κ3) is 4.22. The maximum Gasteiger partial charge on any atom is 0.268 e. The third-order valence-electron chi connectivity index (χ3n) is 4.87. The molecule has 1 aromatic heterocycles. The van der Waals surface area contributed by atoms with Crippen LogP contribution in [0.25, 0.3) is 0 Å². The van der Waals surface area contributed by atoms with Crippen LogP contribution in [0.15, 0.2) is 24.3 Å². The zero-order valence-electron chi connectivity index (χ0n) is 16.6. The first-order valence-corrected chi connectivity index (χ1v) is 8.99. The van der Waals surface area contributed by atoms with Crippen molar-refractivity contribution in [2.24, 2.45) is 0 Å². The number of nitrogens with one attached hydrogen (secondary N) is 2. The number of benzene rings is 1. The van der Waals surface area contributed by atoms with Crippen molar-refractivity contribution in [2.75, 3.05) is 20.6 Å². The first-order chi connectivity index (χ1) is 12.3. The van der Waals surface area contributed by atoms with Gasteiger partial charge in [-0.05, 0) is 58.0 Å². The minimum Gasteiger partial charge on any atom is -0.354 e. The van der Waals surface area contributed by atoms with E-state index in [0.717, 1.165) is 17.7 Å². The highest BCUT2D eigenvalue weighted by atomic mass is 16.2. The fraction of sp³-hybridized carbons (Fsp3) is 0.429. The van der Waals surface area contributed by atoms with Gasteiger partial charge in [0.1, 0.15) is 5.69 Å². The molecule has 0 aliphatic carbocycles. The number of Topliss-reactive ketones (excluding diaryl/α,β-unsaturated/α-hetero) is 1. The number of likely N-dealkylation sites (N-methyl/N-ethyl adjacent to an activating group) is 1. The number of aromatic nitrogens is 1. The van der Waals surface area contributed by atoms with E-state index >= 15 is 0 Å². The molecule has 0 aliphatic rings. The molecule has 2 rings (SSSR count). The number of H-pyrrole nitrogens is 1. The van der Waals surface area contributed by atoms with Gasteiger partial charge in [0.25, 0.3) is 5.91 Å². The molecule has 2 N–H and O–H groups in total. The van der Waals surface area contributed by atoms with Crippen LogP contribution in [0.4, 0.5) is 0 Å². The van der Waals surface area contributed by atoms with Gasteiger partial charge in [-0.15, -0.1) is 0 Å². The molecule has 140 valence electrons. The van der Waals surface area contributed by atoms with Gasteiger partial charge in [0.2, 0.25) is 0 Å². The monoisotopic (exact) mass is 355 g/mol. The number of hydrogen-bond donors (Lipinski definition) is 2. The van der Waals surface area contributed by atoms with Gasteiger partial charge in [-0.1, -0.05) is 31.2 Å². The highest BCUT2D eigenvalue weighted by Gasteiger charge is 2.21. The van der Waals surface area contributed by atoms with Crippen LogP contribution in [0, 0.1) is 13.8 Å². The molecule has 0 saturated heterocycles. The lowest BCUT2D eigenvalue weighted by Crippen LogP contribution is -2.35. The first-order valence-electron chi connectivity index (χ1n) is 8.99. The second-order valence-corrected chi connectivity index (χ2v) is 6.97. The van der Waals surface area contributed by atoms with Gasteiger partial charge in [-0.3, -0.25) is 9.59 Å². The standard InChI is InChI=1S/C21H29N3O2/c1-7-16-8-10-17(11-9-16)18(24(5)6)12-22-21(26)20-13(2)19(15(4)25)14(3)23-20/h8-11,18,23H,7,12H2,1-6H3,(H,22,26)/t18-/m0/s1. The predicted octanol–water partition coefficient (Wildman–Crippen LogP) is 3.43. The first kappa shape index (κ1) is 19.9. The minimum absolute atomic E-state index is 0.0301. The Kier molecular flexibility index (Phi) is 6.37. The van der Waals surface area contributed by atoms with Gasteiger partial charge >= 0.3 is 0 Å². The van der Waals surface area contributed by atoms with Crippen LogP contribution in [0.3, 0.4) is 0 Å². The maximum atomic E-state index is 12.6. The van der Waals surface area contributed by atoms with Crippen LogP contribution in [0.1, 0.15) is 63.1 Å². The molecule has 0 spiro atoms. The van der Waals surface area contributed by atoms with Crippen LogP contribution in [0.5, 0.6) is 0 Å². The van der Waals surface area contributed by atoms with Gasteiger partial charge < -0.3 is 15.2 Å². The van der Waals surface area contributed by atoms with E-state index in [9.17, 15) is 9.59 Å². The van der Waals surface area contributed by atoms with Gasteiger partial charge in [-0.2, -0.15) is 0 Å². The third-order valence-corrected chi connectivity index (χ3v) is 4.87.